The Hall–Kier alpha value is -1.22. The zero-order valence-electron chi connectivity index (χ0n) is 8.26. The number of carbonyl (C=O) groups is 1. The van der Waals surface area contributed by atoms with Crippen LogP contribution in [0.5, 0.6) is 0 Å². The highest BCUT2D eigenvalue weighted by atomic mass is 32.2. The minimum absolute atomic E-state index is 0.0567. The average Bonchev–Trinajstić information content (AvgIpc) is 2.66. The van der Waals surface area contributed by atoms with Gasteiger partial charge < -0.3 is 4.74 Å². The first kappa shape index (κ1) is 10.3. The molecular weight excluding hydrogens is 208 g/mol. The summed E-state index contributed by atoms with van der Waals surface area (Å²) in [4.78, 5) is 11.1. The van der Waals surface area contributed by atoms with Crippen molar-refractivity contribution in [3.05, 3.63) is 48.2 Å². The summed E-state index contributed by atoms with van der Waals surface area (Å²) in [6.45, 7) is 0. The van der Waals surface area contributed by atoms with Gasteiger partial charge in [0.15, 0.2) is 0 Å². The van der Waals surface area contributed by atoms with Gasteiger partial charge in [-0.15, -0.1) is 0 Å². The maximum atomic E-state index is 11.1. The minimum Gasteiger partial charge on any atom is -0.434 e. The number of carbonyl (C=O) groups excluding carboxylic acids is 1. The van der Waals surface area contributed by atoms with Crippen LogP contribution in [0.25, 0.3) is 0 Å². The number of ether oxygens (including phenoxy) is 1. The van der Waals surface area contributed by atoms with Crippen molar-refractivity contribution in [3.8, 4) is 0 Å². The van der Waals surface area contributed by atoms with E-state index < -0.39 is 0 Å². The first-order chi connectivity index (χ1) is 7.36. The van der Waals surface area contributed by atoms with E-state index in [0.29, 0.717) is 0 Å². The zero-order valence-corrected chi connectivity index (χ0v) is 9.07. The molecule has 1 aromatic rings. The van der Waals surface area contributed by atoms with E-state index in [0.717, 1.165) is 11.5 Å². The van der Waals surface area contributed by atoms with E-state index in [2.05, 4.69) is 12.1 Å². The highest BCUT2D eigenvalue weighted by Gasteiger charge is 2.20. The molecule has 0 fully saturated rings. The molecule has 0 aliphatic carbocycles. The average molecular weight is 220 g/mol. The first-order valence-electron chi connectivity index (χ1n) is 4.85. The molecule has 0 spiro atoms. The Morgan fingerprint density at radius 3 is 2.73 bits per heavy atom. The van der Waals surface area contributed by atoms with Gasteiger partial charge in [-0.05, 0) is 11.6 Å². The van der Waals surface area contributed by atoms with Gasteiger partial charge in [-0.25, -0.2) is 0 Å². The van der Waals surface area contributed by atoms with Crippen molar-refractivity contribution in [3.63, 3.8) is 0 Å². The van der Waals surface area contributed by atoms with Gasteiger partial charge in [-0.2, -0.15) is 11.8 Å². The monoisotopic (exact) mass is 220 g/mol. The molecule has 0 amide bonds. The van der Waals surface area contributed by atoms with Crippen LogP contribution in [0.1, 0.15) is 5.56 Å². The predicted octanol–water partition coefficient (Wildman–Crippen LogP) is 2.61. The molecule has 0 aromatic heterocycles. The molecule has 0 N–H and O–H groups in total. The van der Waals surface area contributed by atoms with E-state index in [1.807, 2.05) is 24.3 Å². The van der Waals surface area contributed by atoms with Gasteiger partial charge in [-0.3, -0.25) is 4.79 Å². The summed E-state index contributed by atoms with van der Waals surface area (Å²) in [6.07, 6.45) is 3.30. The summed E-state index contributed by atoms with van der Waals surface area (Å²) in [5.41, 5.74) is 1.29. The number of cyclic esters (lactones) is 1. The van der Waals surface area contributed by atoms with Crippen LogP contribution in [0.15, 0.2) is 42.7 Å². The SMILES string of the molecule is O=C1OC=CC1CSCc1ccccc1. The number of thioether (sulfide) groups is 1. The second kappa shape index (κ2) is 5.03. The van der Waals surface area contributed by atoms with Crippen LogP contribution >= 0.6 is 11.8 Å². The van der Waals surface area contributed by atoms with Crippen molar-refractivity contribution < 1.29 is 9.53 Å². The van der Waals surface area contributed by atoms with Crippen molar-refractivity contribution in [2.45, 2.75) is 5.75 Å². The van der Waals surface area contributed by atoms with Crippen LogP contribution in [-0.2, 0) is 15.3 Å². The summed E-state index contributed by atoms with van der Waals surface area (Å²) in [6, 6.07) is 10.2. The normalized spacial score (nSPS) is 19.2. The van der Waals surface area contributed by atoms with Crippen molar-refractivity contribution in [2.24, 2.45) is 5.92 Å². The van der Waals surface area contributed by atoms with E-state index in [-0.39, 0.29) is 11.9 Å². The molecule has 1 aliphatic rings. The maximum Gasteiger partial charge on any atom is 0.318 e. The second-order valence-electron chi connectivity index (χ2n) is 3.37. The van der Waals surface area contributed by atoms with Crippen molar-refractivity contribution >= 4 is 17.7 Å². The molecule has 0 saturated carbocycles. The summed E-state index contributed by atoms with van der Waals surface area (Å²) in [5, 5.41) is 0. The van der Waals surface area contributed by atoms with Crippen LogP contribution in [-0.4, -0.2) is 11.7 Å². The lowest BCUT2D eigenvalue weighted by molar-refractivity contribution is -0.138. The third kappa shape index (κ3) is 2.86. The third-order valence-corrected chi connectivity index (χ3v) is 3.34. The van der Waals surface area contributed by atoms with E-state index >= 15 is 0 Å². The van der Waals surface area contributed by atoms with Gasteiger partial charge >= 0.3 is 5.97 Å². The Morgan fingerprint density at radius 2 is 2.07 bits per heavy atom. The van der Waals surface area contributed by atoms with Gasteiger partial charge in [0.05, 0.1) is 12.2 Å². The maximum absolute atomic E-state index is 11.1. The molecule has 0 saturated heterocycles. The van der Waals surface area contributed by atoms with Crippen LogP contribution in [0.3, 0.4) is 0 Å². The summed E-state index contributed by atoms with van der Waals surface area (Å²) in [7, 11) is 0. The molecule has 0 radical (unpaired) electrons. The molecule has 3 heteroatoms. The number of rotatable bonds is 4. The van der Waals surface area contributed by atoms with E-state index in [1.165, 1.54) is 11.8 Å². The van der Waals surface area contributed by atoms with Gasteiger partial charge in [0.2, 0.25) is 0 Å². The third-order valence-electron chi connectivity index (χ3n) is 2.21. The molecule has 2 rings (SSSR count). The summed E-state index contributed by atoms with van der Waals surface area (Å²) < 4.78 is 4.74. The Labute approximate surface area is 93.3 Å². The van der Waals surface area contributed by atoms with Crippen LogP contribution in [0.4, 0.5) is 0 Å². The van der Waals surface area contributed by atoms with Gasteiger partial charge in [-0.1, -0.05) is 30.3 Å². The molecule has 0 bridgehead atoms. The molecule has 78 valence electrons. The van der Waals surface area contributed by atoms with E-state index in [9.17, 15) is 4.79 Å². The number of hydrogen-bond donors (Lipinski definition) is 0. The van der Waals surface area contributed by atoms with Crippen LogP contribution < -0.4 is 0 Å². The van der Waals surface area contributed by atoms with Crippen molar-refractivity contribution in [2.75, 3.05) is 5.75 Å². The fourth-order valence-corrected chi connectivity index (χ4v) is 2.42. The van der Waals surface area contributed by atoms with Gasteiger partial charge in [0, 0.05) is 11.5 Å². The molecular formula is C12H12O2S. The molecule has 1 atom stereocenters. The molecule has 15 heavy (non-hydrogen) atoms. The zero-order chi connectivity index (χ0) is 10.5. The molecule has 1 aliphatic heterocycles. The Balaban J connectivity index is 1.76. The standard InChI is InChI=1S/C12H12O2S/c13-12-11(6-7-14-12)9-15-8-10-4-2-1-3-5-10/h1-7,11H,8-9H2. The van der Waals surface area contributed by atoms with E-state index in [1.54, 1.807) is 11.8 Å². The molecule has 1 aromatic carbocycles. The lowest BCUT2D eigenvalue weighted by Gasteiger charge is -2.04. The minimum atomic E-state index is -0.129. The fraction of sp³-hybridized carbons (Fsp3) is 0.250. The highest BCUT2D eigenvalue weighted by Crippen LogP contribution is 2.19. The predicted molar refractivity (Wildman–Crippen MR) is 61.3 cm³/mol. The summed E-state index contributed by atoms with van der Waals surface area (Å²) in [5.74, 6) is 1.55. The fourth-order valence-electron chi connectivity index (χ4n) is 1.37. The summed E-state index contributed by atoms with van der Waals surface area (Å²) >= 11 is 1.76. The number of hydrogen-bond acceptors (Lipinski definition) is 3. The topological polar surface area (TPSA) is 26.3 Å². The molecule has 1 unspecified atom stereocenters. The quantitative estimate of drug-likeness (QED) is 0.730. The smallest absolute Gasteiger partial charge is 0.318 e. The van der Waals surface area contributed by atoms with Gasteiger partial charge in [0.1, 0.15) is 0 Å². The van der Waals surface area contributed by atoms with Crippen LogP contribution in [0, 0.1) is 5.92 Å². The largest absolute Gasteiger partial charge is 0.434 e. The highest BCUT2D eigenvalue weighted by molar-refractivity contribution is 7.98. The second-order valence-corrected chi connectivity index (χ2v) is 4.40. The van der Waals surface area contributed by atoms with Crippen LogP contribution in [0.2, 0.25) is 0 Å². The Morgan fingerprint density at radius 1 is 1.27 bits per heavy atom. The first-order valence-corrected chi connectivity index (χ1v) is 6.00. The Kier molecular flexibility index (Phi) is 3.45. The van der Waals surface area contributed by atoms with Crippen molar-refractivity contribution in [1.82, 2.24) is 0 Å². The molecule has 2 nitrogen and oxygen atoms in total. The Bertz CT molecular complexity index is 359. The van der Waals surface area contributed by atoms with Crippen molar-refractivity contribution in [1.29, 1.82) is 0 Å². The number of esters is 1. The lowest BCUT2D eigenvalue weighted by atomic mass is 10.2. The van der Waals surface area contributed by atoms with E-state index in [4.69, 9.17) is 4.74 Å². The van der Waals surface area contributed by atoms with Gasteiger partial charge in [0.25, 0.3) is 0 Å². The lowest BCUT2D eigenvalue weighted by Crippen LogP contribution is -2.10. The molecule has 1 heterocycles. The number of benzene rings is 1.